The molecule has 0 spiro atoms. The van der Waals surface area contributed by atoms with Crippen LogP contribution in [0.3, 0.4) is 0 Å². The lowest BCUT2D eigenvalue weighted by molar-refractivity contribution is -0.0498. The molecule has 3 unspecified atom stereocenters. The Balaban J connectivity index is 1.61. The molecule has 3 atom stereocenters. The molecule has 3 heteroatoms. The van der Waals surface area contributed by atoms with Crippen LogP contribution in [0.1, 0.15) is 39.0 Å². The number of fused-ring (bicyclic) bond motifs is 2. The molecule has 0 aromatic heterocycles. The van der Waals surface area contributed by atoms with Crippen LogP contribution in [0.5, 0.6) is 0 Å². The van der Waals surface area contributed by atoms with Crippen LogP contribution in [-0.2, 0) is 4.74 Å². The van der Waals surface area contributed by atoms with Gasteiger partial charge in [-0.25, -0.2) is 0 Å². The fraction of sp³-hybridized carbons (Fsp3) is 1.00. The van der Waals surface area contributed by atoms with Crippen molar-refractivity contribution in [1.29, 1.82) is 0 Å². The van der Waals surface area contributed by atoms with Gasteiger partial charge in [0.15, 0.2) is 0 Å². The first-order valence-corrected chi connectivity index (χ1v) is 7.38. The second-order valence-electron chi connectivity index (χ2n) is 6.33. The van der Waals surface area contributed by atoms with E-state index in [9.17, 15) is 0 Å². The first-order valence-electron chi connectivity index (χ1n) is 7.38. The second-order valence-corrected chi connectivity index (χ2v) is 6.33. The Labute approximate surface area is 105 Å². The van der Waals surface area contributed by atoms with Crippen LogP contribution in [-0.4, -0.2) is 49.8 Å². The van der Waals surface area contributed by atoms with Crippen molar-refractivity contribution in [2.24, 2.45) is 5.41 Å². The van der Waals surface area contributed by atoms with E-state index < -0.39 is 0 Å². The summed E-state index contributed by atoms with van der Waals surface area (Å²) >= 11 is 0. The average molecular weight is 238 g/mol. The second kappa shape index (κ2) is 4.87. The lowest BCUT2D eigenvalue weighted by atomic mass is 9.82. The number of rotatable bonds is 4. The number of ether oxygens (including phenoxy) is 1. The van der Waals surface area contributed by atoms with Gasteiger partial charge in [0.25, 0.3) is 0 Å². The monoisotopic (exact) mass is 238 g/mol. The van der Waals surface area contributed by atoms with Gasteiger partial charge in [-0.05, 0) is 37.6 Å². The molecule has 1 N–H and O–H groups in total. The van der Waals surface area contributed by atoms with E-state index in [0.29, 0.717) is 17.6 Å². The molecule has 0 amide bonds. The van der Waals surface area contributed by atoms with Crippen molar-refractivity contribution in [3.05, 3.63) is 0 Å². The van der Waals surface area contributed by atoms with E-state index in [2.05, 4.69) is 17.1 Å². The summed E-state index contributed by atoms with van der Waals surface area (Å²) < 4.78 is 5.93. The standard InChI is InChI=1S/C14H26N2O/c1-2-5-14(6-7-15-10-14)11-16-8-12-3-4-13(9-16)17-12/h12-13,15H,2-11H2,1H3. The molecule has 17 heavy (non-hydrogen) atoms. The van der Waals surface area contributed by atoms with Gasteiger partial charge in [-0.3, -0.25) is 4.90 Å². The summed E-state index contributed by atoms with van der Waals surface area (Å²) in [7, 11) is 0. The molecule has 3 nitrogen and oxygen atoms in total. The zero-order valence-corrected chi connectivity index (χ0v) is 11.1. The van der Waals surface area contributed by atoms with Gasteiger partial charge < -0.3 is 10.1 Å². The smallest absolute Gasteiger partial charge is 0.0707 e. The summed E-state index contributed by atoms with van der Waals surface area (Å²) in [5.74, 6) is 0. The summed E-state index contributed by atoms with van der Waals surface area (Å²) in [5, 5.41) is 3.57. The van der Waals surface area contributed by atoms with Crippen LogP contribution >= 0.6 is 0 Å². The van der Waals surface area contributed by atoms with Gasteiger partial charge in [0.2, 0.25) is 0 Å². The zero-order chi connectivity index (χ0) is 11.7. The highest BCUT2D eigenvalue weighted by Crippen LogP contribution is 2.34. The number of likely N-dealkylation sites (tertiary alicyclic amines) is 1. The predicted octanol–water partition coefficient (Wildman–Crippen LogP) is 1.63. The summed E-state index contributed by atoms with van der Waals surface area (Å²) in [5.41, 5.74) is 0.561. The minimum atomic E-state index is 0.543. The largest absolute Gasteiger partial charge is 0.372 e. The third-order valence-corrected chi connectivity index (χ3v) is 4.79. The lowest BCUT2D eigenvalue weighted by Crippen LogP contribution is -2.48. The molecule has 3 rings (SSSR count). The number of nitrogens with one attached hydrogen (secondary N) is 1. The van der Waals surface area contributed by atoms with Gasteiger partial charge in [0.05, 0.1) is 12.2 Å². The van der Waals surface area contributed by atoms with E-state index in [1.165, 1.54) is 64.8 Å². The quantitative estimate of drug-likeness (QED) is 0.805. The Morgan fingerprint density at radius 3 is 2.65 bits per heavy atom. The molecule has 0 saturated carbocycles. The molecule has 3 aliphatic rings. The van der Waals surface area contributed by atoms with Crippen molar-refractivity contribution < 1.29 is 4.74 Å². The van der Waals surface area contributed by atoms with Gasteiger partial charge in [0, 0.05) is 26.2 Å². The zero-order valence-electron chi connectivity index (χ0n) is 11.1. The highest BCUT2D eigenvalue weighted by molar-refractivity contribution is 4.93. The fourth-order valence-electron chi connectivity index (χ4n) is 4.06. The first-order chi connectivity index (χ1) is 8.30. The van der Waals surface area contributed by atoms with Crippen molar-refractivity contribution in [3.8, 4) is 0 Å². The molecular weight excluding hydrogens is 212 g/mol. The molecule has 0 aromatic rings. The van der Waals surface area contributed by atoms with Gasteiger partial charge in [-0.1, -0.05) is 13.3 Å². The summed E-state index contributed by atoms with van der Waals surface area (Å²) in [6.45, 7) is 8.43. The van der Waals surface area contributed by atoms with E-state index in [-0.39, 0.29) is 0 Å². The minimum Gasteiger partial charge on any atom is -0.372 e. The van der Waals surface area contributed by atoms with E-state index in [1.54, 1.807) is 0 Å². The SMILES string of the molecule is CCCC1(CN2CC3CCC(C2)O3)CCNC1. The Morgan fingerprint density at radius 1 is 1.29 bits per heavy atom. The first kappa shape index (κ1) is 11.9. The average Bonchev–Trinajstić information content (AvgIpc) is 2.87. The molecule has 3 aliphatic heterocycles. The van der Waals surface area contributed by atoms with Crippen molar-refractivity contribution in [1.82, 2.24) is 10.2 Å². The molecular formula is C14H26N2O. The number of morpholine rings is 1. The molecule has 0 aromatic carbocycles. The maximum absolute atomic E-state index is 5.93. The maximum atomic E-state index is 5.93. The van der Waals surface area contributed by atoms with Crippen molar-refractivity contribution in [3.63, 3.8) is 0 Å². The van der Waals surface area contributed by atoms with Crippen LogP contribution in [0, 0.1) is 5.41 Å². The summed E-state index contributed by atoms with van der Waals surface area (Å²) in [4.78, 5) is 2.69. The van der Waals surface area contributed by atoms with Gasteiger partial charge in [0.1, 0.15) is 0 Å². The summed E-state index contributed by atoms with van der Waals surface area (Å²) in [6, 6.07) is 0. The van der Waals surface area contributed by atoms with Crippen LogP contribution < -0.4 is 5.32 Å². The fourth-order valence-corrected chi connectivity index (χ4v) is 4.06. The predicted molar refractivity (Wildman–Crippen MR) is 69.2 cm³/mol. The molecule has 98 valence electrons. The highest BCUT2D eigenvalue weighted by atomic mass is 16.5. The van der Waals surface area contributed by atoms with Crippen molar-refractivity contribution >= 4 is 0 Å². The van der Waals surface area contributed by atoms with Gasteiger partial charge in [-0.15, -0.1) is 0 Å². The van der Waals surface area contributed by atoms with E-state index in [1.807, 2.05) is 0 Å². The van der Waals surface area contributed by atoms with E-state index >= 15 is 0 Å². The van der Waals surface area contributed by atoms with E-state index in [4.69, 9.17) is 4.74 Å². The number of hydrogen-bond acceptors (Lipinski definition) is 3. The normalized spacial score (nSPS) is 42.2. The molecule has 0 radical (unpaired) electrons. The van der Waals surface area contributed by atoms with Crippen molar-refractivity contribution in [2.45, 2.75) is 51.2 Å². The van der Waals surface area contributed by atoms with Gasteiger partial charge >= 0.3 is 0 Å². The van der Waals surface area contributed by atoms with E-state index in [0.717, 1.165) is 0 Å². The van der Waals surface area contributed by atoms with Crippen LogP contribution in [0.2, 0.25) is 0 Å². The highest BCUT2D eigenvalue weighted by Gasteiger charge is 2.39. The molecule has 2 bridgehead atoms. The third kappa shape index (κ3) is 2.51. The Morgan fingerprint density at radius 2 is 2.06 bits per heavy atom. The Hall–Kier alpha value is -0.120. The Bertz CT molecular complexity index is 251. The van der Waals surface area contributed by atoms with Crippen molar-refractivity contribution in [2.75, 3.05) is 32.7 Å². The third-order valence-electron chi connectivity index (χ3n) is 4.79. The lowest BCUT2D eigenvalue weighted by Gasteiger charge is -2.39. The van der Waals surface area contributed by atoms with Crippen LogP contribution in [0.25, 0.3) is 0 Å². The molecule has 3 fully saturated rings. The maximum Gasteiger partial charge on any atom is 0.0707 e. The van der Waals surface area contributed by atoms with Gasteiger partial charge in [-0.2, -0.15) is 0 Å². The van der Waals surface area contributed by atoms with Crippen LogP contribution in [0.4, 0.5) is 0 Å². The molecule has 0 aliphatic carbocycles. The minimum absolute atomic E-state index is 0.543. The van der Waals surface area contributed by atoms with Crippen LogP contribution in [0.15, 0.2) is 0 Å². The summed E-state index contributed by atoms with van der Waals surface area (Å²) in [6.07, 6.45) is 7.74. The number of hydrogen-bond donors (Lipinski definition) is 1. The molecule has 3 saturated heterocycles. The molecule has 3 heterocycles. The number of nitrogens with zero attached hydrogens (tertiary/aromatic N) is 1. The Kier molecular flexibility index (Phi) is 3.42. The topological polar surface area (TPSA) is 24.5 Å².